The molecule has 0 bridgehead atoms. The molecule has 4 aromatic rings. The molecule has 0 saturated carbocycles. The standard InChI is InChI=1S/C35H32N8O7S/c1-16-8-10-20(11-9-16)30-28-17(2)18(3)51-35(28)42-19(4)38-41-31(42)22(36-30)14-26(45)39-40-27(46)15-50-24-7-5-6-21-29(24)34(49)43(33(21)48)23-12-13-25(44)37-32(23)47/h5-11,22-23H,12-15H2,1-4H3,(H,39,45)(H,40,46)(H,37,44,47)/t22-,23?/m0/s1. The molecule has 3 N–H and O–H groups in total. The molecule has 5 heterocycles. The van der Waals surface area contributed by atoms with Crippen molar-refractivity contribution in [2.45, 2.75) is 59.0 Å². The number of hydrogen-bond acceptors (Lipinski definition) is 11. The molecule has 1 unspecified atom stereocenters. The van der Waals surface area contributed by atoms with Gasteiger partial charge in [-0.05, 0) is 51.8 Å². The minimum Gasteiger partial charge on any atom is -0.483 e. The van der Waals surface area contributed by atoms with E-state index in [9.17, 15) is 28.8 Å². The number of aromatic nitrogens is 3. The Bertz CT molecular complexity index is 2200. The molecule has 51 heavy (non-hydrogen) atoms. The number of fused-ring (bicyclic) bond motifs is 4. The summed E-state index contributed by atoms with van der Waals surface area (Å²) in [5.41, 5.74) is 9.38. The number of hydrazine groups is 1. The number of carbonyl (C=O) groups excluding carboxylic acids is 6. The molecule has 0 aliphatic carbocycles. The van der Waals surface area contributed by atoms with Crippen LogP contribution in [0.25, 0.3) is 5.00 Å². The van der Waals surface area contributed by atoms with Crippen LogP contribution in [-0.4, -0.2) is 73.5 Å². The molecule has 6 amide bonds. The van der Waals surface area contributed by atoms with Crippen LogP contribution in [0.3, 0.4) is 0 Å². The Labute approximate surface area is 295 Å². The number of rotatable bonds is 7. The SMILES string of the molecule is Cc1ccc(C2=N[C@@H](CC(=O)NNC(=O)COc3cccc4c3C(=O)N(C3CCC(=O)NC3=O)C4=O)c3nnc(C)n3-c3sc(C)c(C)c32)cc1. The second-order valence-electron chi connectivity index (χ2n) is 12.5. The van der Waals surface area contributed by atoms with Gasteiger partial charge in [0.15, 0.2) is 12.4 Å². The smallest absolute Gasteiger partial charge is 0.276 e. The molecule has 3 aliphatic rings. The van der Waals surface area contributed by atoms with Gasteiger partial charge in [-0.3, -0.25) is 59.4 Å². The number of ether oxygens (including phenoxy) is 1. The maximum Gasteiger partial charge on any atom is 0.276 e. The fourth-order valence-electron chi connectivity index (χ4n) is 6.39. The number of nitrogens with one attached hydrogen (secondary N) is 3. The van der Waals surface area contributed by atoms with Gasteiger partial charge in [-0.2, -0.15) is 0 Å². The van der Waals surface area contributed by atoms with Gasteiger partial charge in [-0.25, -0.2) is 0 Å². The van der Waals surface area contributed by atoms with Crippen LogP contribution in [0.4, 0.5) is 0 Å². The van der Waals surface area contributed by atoms with Gasteiger partial charge in [0.05, 0.1) is 23.3 Å². The van der Waals surface area contributed by atoms with Crippen molar-refractivity contribution in [3.63, 3.8) is 0 Å². The van der Waals surface area contributed by atoms with Gasteiger partial charge in [0, 0.05) is 22.4 Å². The van der Waals surface area contributed by atoms with Crippen LogP contribution in [0.2, 0.25) is 0 Å². The quantitative estimate of drug-likeness (QED) is 0.191. The molecule has 3 aliphatic heterocycles. The predicted octanol–water partition coefficient (Wildman–Crippen LogP) is 2.47. The van der Waals surface area contributed by atoms with Crippen LogP contribution >= 0.6 is 11.3 Å². The third-order valence-corrected chi connectivity index (χ3v) is 10.3. The number of thiophene rings is 1. The number of hydrogen-bond donors (Lipinski definition) is 3. The number of aliphatic imine (C=N–C) groups is 1. The highest BCUT2D eigenvalue weighted by Gasteiger charge is 2.46. The summed E-state index contributed by atoms with van der Waals surface area (Å²) in [6.45, 7) is 7.34. The van der Waals surface area contributed by atoms with Crippen molar-refractivity contribution >= 4 is 52.5 Å². The van der Waals surface area contributed by atoms with Crippen LogP contribution in [-0.2, 0) is 19.2 Å². The number of aryl methyl sites for hydroxylation is 3. The van der Waals surface area contributed by atoms with E-state index in [4.69, 9.17) is 9.73 Å². The maximum atomic E-state index is 13.3. The lowest BCUT2D eigenvalue weighted by Crippen LogP contribution is -2.54. The van der Waals surface area contributed by atoms with Gasteiger partial charge in [-0.15, -0.1) is 21.5 Å². The Hall–Kier alpha value is -6.03. The predicted molar refractivity (Wildman–Crippen MR) is 183 cm³/mol. The number of carbonyl (C=O) groups is 6. The number of imide groups is 2. The van der Waals surface area contributed by atoms with Gasteiger partial charge in [0.25, 0.3) is 17.7 Å². The summed E-state index contributed by atoms with van der Waals surface area (Å²) < 4.78 is 7.55. The van der Waals surface area contributed by atoms with Gasteiger partial charge in [-0.1, -0.05) is 35.9 Å². The summed E-state index contributed by atoms with van der Waals surface area (Å²) in [6.07, 6.45) is -0.185. The fraction of sp³-hybridized carbons (Fsp3) is 0.286. The summed E-state index contributed by atoms with van der Waals surface area (Å²) in [7, 11) is 0. The van der Waals surface area contributed by atoms with E-state index in [0.717, 1.165) is 42.7 Å². The van der Waals surface area contributed by atoms with E-state index >= 15 is 0 Å². The third kappa shape index (κ3) is 5.96. The normalized spacial score (nSPS) is 18.0. The average molecular weight is 709 g/mol. The molecular formula is C35H32N8O7S. The van der Waals surface area contributed by atoms with Crippen molar-refractivity contribution in [1.29, 1.82) is 0 Å². The topological polar surface area (TPSA) is 194 Å². The van der Waals surface area contributed by atoms with E-state index in [1.54, 1.807) is 11.3 Å². The second-order valence-corrected chi connectivity index (χ2v) is 13.7. The van der Waals surface area contributed by atoms with Crippen molar-refractivity contribution < 1.29 is 33.5 Å². The lowest BCUT2D eigenvalue weighted by molar-refractivity contribution is -0.136. The highest BCUT2D eigenvalue weighted by Crippen LogP contribution is 2.39. The Kier molecular flexibility index (Phi) is 8.54. The first-order valence-corrected chi connectivity index (χ1v) is 17.0. The summed E-state index contributed by atoms with van der Waals surface area (Å²) in [4.78, 5) is 83.5. The summed E-state index contributed by atoms with van der Waals surface area (Å²) in [5, 5.41) is 11.8. The first kappa shape index (κ1) is 33.5. The van der Waals surface area contributed by atoms with Crippen molar-refractivity contribution in [2.24, 2.45) is 4.99 Å². The molecule has 0 radical (unpaired) electrons. The highest BCUT2D eigenvalue weighted by atomic mass is 32.1. The maximum absolute atomic E-state index is 13.3. The number of amides is 6. The van der Waals surface area contributed by atoms with Gasteiger partial charge in [0.2, 0.25) is 17.7 Å². The molecule has 15 nitrogen and oxygen atoms in total. The van der Waals surface area contributed by atoms with Crippen LogP contribution in [0.1, 0.15) is 84.8 Å². The van der Waals surface area contributed by atoms with Crippen LogP contribution < -0.4 is 20.9 Å². The van der Waals surface area contributed by atoms with Crippen molar-refractivity contribution in [3.05, 3.63) is 92.4 Å². The third-order valence-electron chi connectivity index (χ3n) is 9.07. The van der Waals surface area contributed by atoms with Gasteiger partial charge >= 0.3 is 0 Å². The molecule has 260 valence electrons. The first-order chi connectivity index (χ1) is 24.4. The molecule has 2 aromatic heterocycles. The van der Waals surface area contributed by atoms with Gasteiger partial charge < -0.3 is 4.74 Å². The largest absolute Gasteiger partial charge is 0.483 e. The van der Waals surface area contributed by atoms with Gasteiger partial charge in [0.1, 0.15) is 28.7 Å². The van der Waals surface area contributed by atoms with E-state index in [-0.39, 0.29) is 36.1 Å². The van der Waals surface area contributed by atoms with Crippen LogP contribution in [0.15, 0.2) is 47.5 Å². The zero-order chi connectivity index (χ0) is 36.1. The summed E-state index contributed by atoms with van der Waals surface area (Å²) in [6, 6.07) is 10.4. The Morgan fingerprint density at radius 3 is 2.43 bits per heavy atom. The minimum atomic E-state index is -1.15. The molecule has 1 saturated heterocycles. The molecule has 2 atom stereocenters. The monoisotopic (exact) mass is 708 g/mol. The lowest BCUT2D eigenvalue weighted by Gasteiger charge is -2.27. The molecule has 7 rings (SSSR count). The molecule has 2 aromatic carbocycles. The summed E-state index contributed by atoms with van der Waals surface area (Å²) in [5.74, 6) is -2.90. The average Bonchev–Trinajstić information content (AvgIpc) is 3.68. The molecule has 16 heteroatoms. The summed E-state index contributed by atoms with van der Waals surface area (Å²) >= 11 is 1.61. The number of nitrogens with zero attached hydrogens (tertiary/aromatic N) is 5. The van der Waals surface area contributed by atoms with E-state index < -0.39 is 54.1 Å². The van der Waals surface area contributed by atoms with E-state index in [1.165, 1.54) is 18.2 Å². The Balaban J connectivity index is 1.04. The number of piperidine rings is 1. The first-order valence-electron chi connectivity index (χ1n) is 16.2. The molecular weight excluding hydrogens is 677 g/mol. The second kappa shape index (κ2) is 13.0. The van der Waals surface area contributed by atoms with Crippen molar-refractivity contribution in [1.82, 2.24) is 35.8 Å². The zero-order valence-electron chi connectivity index (χ0n) is 28.0. The van der Waals surface area contributed by atoms with Crippen LogP contribution in [0, 0.1) is 27.7 Å². The van der Waals surface area contributed by atoms with E-state index in [2.05, 4.69) is 33.3 Å². The van der Waals surface area contributed by atoms with Crippen molar-refractivity contribution in [3.8, 4) is 10.8 Å². The zero-order valence-corrected chi connectivity index (χ0v) is 28.8. The van der Waals surface area contributed by atoms with Crippen molar-refractivity contribution in [2.75, 3.05) is 6.61 Å². The fourth-order valence-corrected chi connectivity index (χ4v) is 7.60. The minimum absolute atomic E-state index is 0.0000327. The van der Waals surface area contributed by atoms with E-state index in [0.29, 0.717) is 11.6 Å². The highest BCUT2D eigenvalue weighted by molar-refractivity contribution is 7.15. The van der Waals surface area contributed by atoms with E-state index in [1.807, 2.05) is 49.6 Å². The molecule has 1 fully saturated rings. The van der Waals surface area contributed by atoms with Crippen LogP contribution in [0.5, 0.6) is 5.75 Å². The lowest BCUT2D eigenvalue weighted by atomic mass is 9.99. The Morgan fingerprint density at radius 1 is 0.941 bits per heavy atom. The number of benzene rings is 2. The molecule has 0 spiro atoms. The Morgan fingerprint density at radius 2 is 1.69 bits per heavy atom.